The van der Waals surface area contributed by atoms with E-state index in [1.165, 1.54) is 30.8 Å². The number of benzene rings is 1. The van der Waals surface area contributed by atoms with Crippen LogP contribution < -0.4 is 26.0 Å². The Morgan fingerprint density at radius 2 is 1.81 bits per heavy atom. The van der Waals surface area contributed by atoms with Crippen LogP contribution in [-0.4, -0.2) is 64.3 Å². The second kappa shape index (κ2) is 14.5. The summed E-state index contributed by atoms with van der Waals surface area (Å²) in [6.45, 7) is 4.21. The van der Waals surface area contributed by atoms with Crippen molar-refractivity contribution in [2.24, 2.45) is 5.92 Å². The lowest BCUT2D eigenvalue weighted by Crippen LogP contribution is -2.49. The molecule has 0 radical (unpaired) electrons. The Hall–Kier alpha value is -4.39. The van der Waals surface area contributed by atoms with Crippen molar-refractivity contribution >= 4 is 35.0 Å². The number of ether oxygens (including phenoxy) is 1. The van der Waals surface area contributed by atoms with E-state index in [0.717, 1.165) is 5.56 Å². The molecule has 1 aromatic carbocycles. The van der Waals surface area contributed by atoms with E-state index in [9.17, 15) is 19.2 Å². The highest BCUT2D eigenvalue weighted by Crippen LogP contribution is 2.26. The van der Waals surface area contributed by atoms with Crippen molar-refractivity contribution in [3.05, 3.63) is 69.9 Å². The van der Waals surface area contributed by atoms with E-state index in [1.54, 1.807) is 5.38 Å². The van der Waals surface area contributed by atoms with Gasteiger partial charge in [-0.25, -0.2) is 15.0 Å². The lowest BCUT2D eigenvalue weighted by Gasteiger charge is -2.25. The van der Waals surface area contributed by atoms with Gasteiger partial charge in [0.25, 0.3) is 11.8 Å². The molecule has 0 spiro atoms. The number of aromatic nitrogens is 3. The molecule has 1 aliphatic heterocycles. The standard InChI is InChI=1S/C29H35N7O5S/c1-17(2)23-28-35-22(16-42-28)27(40)34-21(13-18-9-5-4-6-10-18)25(38)30-12-8-7-11-20(26(39)36-23)33-24(37)19-14-31-29(41-3)32-15-19/h4-6,9-10,14-17,20-21,23H,7-8,11-13H2,1-3H3,(H,30,38)(H,33,37)(H,34,40)(H,36,39)/t20-,21+,23+/m0/s1. The van der Waals surface area contributed by atoms with Gasteiger partial charge in [0.05, 0.1) is 18.7 Å². The van der Waals surface area contributed by atoms with Crippen LogP contribution in [0, 0.1) is 5.92 Å². The summed E-state index contributed by atoms with van der Waals surface area (Å²) in [6, 6.07) is 7.44. The maximum absolute atomic E-state index is 13.5. The Kier molecular flexibility index (Phi) is 10.5. The molecule has 3 aromatic rings. The summed E-state index contributed by atoms with van der Waals surface area (Å²) in [6.07, 6.45) is 4.42. The van der Waals surface area contributed by atoms with Crippen molar-refractivity contribution in [3.63, 3.8) is 0 Å². The SMILES string of the molecule is COc1ncc(C(=O)N[C@H]2CCCCNC(=O)[C@@H](Cc3ccccc3)NC(=O)c3csc(n3)[C@@H](C(C)C)NC2=O)cn1. The zero-order valence-electron chi connectivity index (χ0n) is 23.8. The average molecular weight is 594 g/mol. The minimum absolute atomic E-state index is 0.0576. The lowest BCUT2D eigenvalue weighted by molar-refractivity contribution is -0.124. The minimum atomic E-state index is -0.863. The third-order valence-corrected chi connectivity index (χ3v) is 7.73. The smallest absolute Gasteiger partial charge is 0.316 e. The van der Waals surface area contributed by atoms with Gasteiger partial charge >= 0.3 is 6.01 Å². The zero-order valence-corrected chi connectivity index (χ0v) is 24.6. The first-order valence-electron chi connectivity index (χ1n) is 13.8. The maximum atomic E-state index is 13.5. The number of nitrogens with zero attached hydrogens (tertiary/aromatic N) is 3. The Morgan fingerprint density at radius 1 is 1.07 bits per heavy atom. The van der Waals surface area contributed by atoms with Gasteiger partial charge in [0.1, 0.15) is 22.8 Å². The van der Waals surface area contributed by atoms with E-state index in [0.29, 0.717) is 37.2 Å². The predicted molar refractivity (Wildman–Crippen MR) is 156 cm³/mol. The summed E-state index contributed by atoms with van der Waals surface area (Å²) in [4.78, 5) is 65.2. The number of methoxy groups -OCH3 is 1. The largest absolute Gasteiger partial charge is 0.467 e. The highest BCUT2D eigenvalue weighted by molar-refractivity contribution is 7.09. The first-order chi connectivity index (χ1) is 20.2. The van der Waals surface area contributed by atoms with Crippen LogP contribution in [0.5, 0.6) is 6.01 Å². The lowest BCUT2D eigenvalue weighted by atomic mass is 10.0. The van der Waals surface area contributed by atoms with Gasteiger partial charge in [0.2, 0.25) is 11.8 Å². The zero-order chi connectivity index (χ0) is 30.1. The van der Waals surface area contributed by atoms with Crippen LogP contribution in [0.4, 0.5) is 0 Å². The predicted octanol–water partition coefficient (Wildman–Crippen LogP) is 2.19. The number of fused-ring (bicyclic) bond motifs is 2. The van der Waals surface area contributed by atoms with Gasteiger partial charge in [-0.15, -0.1) is 11.3 Å². The molecule has 2 aromatic heterocycles. The molecule has 1 aliphatic rings. The number of thiazole rings is 1. The molecule has 0 fully saturated rings. The monoisotopic (exact) mass is 593 g/mol. The highest BCUT2D eigenvalue weighted by atomic mass is 32.1. The van der Waals surface area contributed by atoms with E-state index in [1.807, 2.05) is 44.2 Å². The van der Waals surface area contributed by atoms with Crippen molar-refractivity contribution in [1.82, 2.24) is 36.2 Å². The number of carbonyl (C=O) groups is 4. The first-order valence-corrected chi connectivity index (χ1v) is 14.7. The molecule has 4 amide bonds. The van der Waals surface area contributed by atoms with Gasteiger partial charge in [0.15, 0.2) is 0 Å². The first kappa shape index (κ1) is 30.6. The number of hydrogen-bond donors (Lipinski definition) is 4. The van der Waals surface area contributed by atoms with Gasteiger partial charge in [0, 0.05) is 30.7 Å². The van der Waals surface area contributed by atoms with E-state index in [4.69, 9.17) is 4.74 Å². The molecular formula is C29H35N7O5S. The van der Waals surface area contributed by atoms with Crippen LogP contribution in [0.1, 0.15) is 70.6 Å². The van der Waals surface area contributed by atoms with Crippen molar-refractivity contribution in [1.29, 1.82) is 0 Å². The summed E-state index contributed by atoms with van der Waals surface area (Å²) >= 11 is 1.25. The molecule has 4 N–H and O–H groups in total. The van der Waals surface area contributed by atoms with Crippen LogP contribution in [0.3, 0.4) is 0 Å². The van der Waals surface area contributed by atoms with E-state index in [-0.39, 0.29) is 35.0 Å². The van der Waals surface area contributed by atoms with Crippen molar-refractivity contribution < 1.29 is 23.9 Å². The van der Waals surface area contributed by atoms with E-state index < -0.39 is 29.9 Å². The maximum Gasteiger partial charge on any atom is 0.316 e. The molecule has 12 nitrogen and oxygen atoms in total. The van der Waals surface area contributed by atoms with Crippen LogP contribution in [0.25, 0.3) is 0 Å². The Balaban J connectivity index is 1.56. The Bertz CT molecular complexity index is 1380. The summed E-state index contributed by atoms with van der Waals surface area (Å²) in [5.74, 6) is -1.72. The summed E-state index contributed by atoms with van der Waals surface area (Å²) in [5.41, 5.74) is 1.26. The van der Waals surface area contributed by atoms with Crippen molar-refractivity contribution in [2.75, 3.05) is 13.7 Å². The van der Waals surface area contributed by atoms with Gasteiger partial charge in [-0.1, -0.05) is 44.2 Å². The van der Waals surface area contributed by atoms with Crippen molar-refractivity contribution in [2.45, 2.75) is 57.7 Å². The van der Waals surface area contributed by atoms with Crippen LogP contribution in [0.2, 0.25) is 0 Å². The normalized spacial score (nSPS) is 20.3. The number of nitrogens with one attached hydrogen (secondary N) is 4. The second-order valence-electron chi connectivity index (χ2n) is 10.3. The van der Waals surface area contributed by atoms with Crippen molar-refractivity contribution in [3.8, 4) is 6.01 Å². The molecule has 13 heteroatoms. The van der Waals surface area contributed by atoms with Crippen LogP contribution >= 0.6 is 11.3 Å². The molecule has 2 bridgehead atoms. The second-order valence-corrected chi connectivity index (χ2v) is 11.2. The molecule has 0 saturated carbocycles. The van der Waals surface area contributed by atoms with Gasteiger partial charge in [-0.05, 0) is 30.7 Å². The number of hydrogen-bond acceptors (Lipinski definition) is 9. The minimum Gasteiger partial charge on any atom is -0.467 e. The fourth-order valence-electron chi connectivity index (χ4n) is 4.45. The summed E-state index contributed by atoms with van der Waals surface area (Å²) in [7, 11) is 1.42. The highest BCUT2D eigenvalue weighted by Gasteiger charge is 2.29. The number of rotatable bonds is 6. The molecule has 3 atom stereocenters. The number of amides is 4. The molecule has 0 unspecified atom stereocenters. The molecular weight excluding hydrogens is 558 g/mol. The Morgan fingerprint density at radius 3 is 2.50 bits per heavy atom. The number of carbonyl (C=O) groups excluding carboxylic acids is 4. The van der Waals surface area contributed by atoms with Gasteiger partial charge < -0.3 is 26.0 Å². The Labute approximate surface area is 248 Å². The average Bonchev–Trinajstić information content (AvgIpc) is 3.48. The molecule has 4 rings (SSSR count). The van der Waals surface area contributed by atoms with Gasteiger partial charge in [-0.3, -0.25) is 19.2 Å². The fourth-order valence-corrected chi connectivity index (χ4v) is 5.47. The quantitative estimate of drug-likeness (QED) is 0.338. The molecule has 0 saturated heterocycles. The third-order valence-electron chi connectivity index (χ3n) is 6.80. The third kappa shape index (κ3) is 8.09. The molecule has 3 heterocycles. The van der Waals surface area contributed by atoms with Gasteiger partial charge in [-0.2, -0.15) is 0 Å². The summed E-state index contributed by atoms with van der Waals surface area (Å²) in [5, 5.41) is 13.7. The molecule has 0 aliphatic carbocycles. The van der Waals surface area contributed by atoms with Crippen LogP contribution in [0.15, 0.2) is 48.1 Å². The summed E-state index contributed by atoms with van der Waals surface area (Å²) < 4.78 is 4.95. The molecule has 222 valence electrons. The van der Waals surface area contributed by atoms with Crippen LogP contribution in [-0.2, 0) is 16.0 Å². The van der Waals surface area contributed by atoms with E-state index >= 15 is 0 Å². The topological polar surface area (TPSA) is 164 Å². The fraction of sp³-hybridized carbons (Fsp3) is 0.414. The molecule has 42 heavy (non-hydrogen) atoms. The van der Waals surface area contributed by atoms with E-state index in [2.05, 4.69) is 36.2 Å².